The van der Waals surface area contributed by atoms with Gasteiger partial charge in [0.15, 0.2) is 11.6 Å². The highest BCUT2D eigenvalue weighted by molar-refractivity contribution is 6.18. The molecule has 0 radical (unpaired) electrons. The van der Waals surface area contributed by atoms with Crippen LogP contribution in [0.5, 0.6) is 0 Å². The maximum Gasteiger partial charge on any atom is 0.269 e. The van der Waals surface area contributed by atoms with Crippen LogP contribution >= 0.6 is 0 Å². The molecule has 7 rings (SSSR count). The number of amides is 1. The minimum absolute atomic E-state index is 0.144. The number of nitrogens with zero attached hydrogens (tertiary/aromatic N) is 2. The van der Waals surface area contributed by atoms with Crippen molar-refractivity contribution in [3.8, 4) is 0 Å². The van der Waals surface area contributed by atoms with E-state index in [-0.39, 0.29) is 22.9 Å². The van der Waals surface area contributed by atoms with Crippen molar-refractivity contribution in [2.24, 2.45) is 5.92 Å². The van der Waals surface area contributed by atoms with Gasteiger partial charge < -0.3 is 10.2 Å². The summed E-state index contributed by atoms with van der Waals surface area (Å²) in [5.41, 5.74) is 1.94. The van der Waals surface area contributed by atoms with E-state index in [1.54, 1.807) is 30.3 Å². The summed E-state index contributed by atoms with van der Waals surface area (Å²) < 4.78 is 0. The minimum atomic E-state index is -1.41. The Labute approximate surface area is 235 Å². The normalized spacial score (nSPS) is 23.5. The number of hydrogen-bond acceptors (Lipinski definition) is 6. The van der Waals surface area contributed by atoms with Crippen LogP contribution in [0, 0.1) is 16.0 Å². The minimum Gasteiger partial charge on any atom is -0.352 e. The van der Waals surface area contributed by atoms with Gasteiger partial charge in [-0.05, 0) is 35.4 Å². The number of nitro benzene ring substituents is 1. The first-order valence-electron chi connectivity index (χ1n) is 13.3. The third kappa shape index (κ3) is 3.43. The predicted octanol–water partition coefficient (Wildman–Crippen LogP) is 5.45. The Morgan fingerprint density at radius 3 is 2.22 bits per heavy atom. The Morgan fingerprint density at radius 2 is 1.46 bits per heavy atom. The van der Waals surface area contributed by atoms with Crippen LogP contribution in [0.4, 0.5) is 17.1 Å². The fourth-order valence-corrected chi connectivity index (χ4v) is 6.82. The number of non-ortho nitro benzene ring substituents is 1. The first kappa shape index (κ1) is 24.7. The molecule has 0 bridgehead atoms. The molecule has 1 saturated heterocycles. The van der Waals surface area contributed by atoms with Crippen LogP contribution in [0.15, 0.2) is 109 Å². The first-order valence-corrected chi connectivity index (χ1v) is 13.3. The van der Waals surface area contributed by atoms with E-state index in [4.69, 9.17) is 0 Å². The predicted molar refractivity (Wildman–Crippen MR) is 154 cm³/mol. The number of anilines is 2. The van der Waals surface area contributed by atoms with Gasteiger partial charge in [-0.2, -0.15) is 0 Å². The van der Waals surface area contributed by atoms with E-state index in [1.165, 1.54) is 24.3 Å². The van der Waals surface area contributed by atoms with Gasteiger partial charge in [-0.3, -0.25) is 24.5 Å². The second kappa shape index (κ2) is 9.09. The molecule has 41 heavy (non-hydrogen) atoms. The molecule has 4 aromatic carbocycles. The van der Waals surface area contributed by atoms with E-state index in [9.17, 15) is 24.5 Å². The van der Waals surface area contributed by atoms with E-state index in [0.717, 1.165) is 11.3 Å². The van der Waals surface area contributed by atoms with Crippen LogP contribution in [-0.2, 0) is 10.2 Å². The molecular formula is C33H23N3O5. The largest absolute Gasteiger partial charge is 0.352 e. The summed E-state index contributed by atoms with van der Waals surface area (Å²) in [4.78, 5) is 56.2. The van der Waals surface area contributed by atoms with Gasteiger partial charge in [0.2, 0.25) is 5.91 Å². The summed E-state index contributed by atoms with van der Waals surface area (Å²) in [6.45, 7) is 0. The Balaban J connectivity index is 1.51. The molecule has 4 aromatic rings. The lowest BCUT2D eigenvalue weighted by Gasteiger charge is -2.37. The zero-order valence-electron chi connectivity index (χ0n) is 21.6. The van der Waals surface area contributed by atoms with Crippen molar-refractivity contribution < 1.29 is 19.3 Å². The van der Waals surface area contributed by atoms with Gasteiger partial charge in [0, 0.05) is 34.6 Å². The van der Waals surface area contributed by atoms with Crippen molar-refractivity contribution in [1.29, 1.82) is 0 Å². The second-order valence-electron chi connectivity index (χ2n) is 10.5. The van der Waals surface area contributed by atoms with Crippen molar-refractivity contribution >= 4 is 40.6 Å². The van der Waals surface area contributed by atoms with Crippen LogP contribution in [0.3, 0.4) is 0 Å². The number of rotatable bonds is 5. The molecule has 1 spiro atoms. The number of nitro groups is 1. The Morgan fingerprint density at radius 1 is 0.805 bits per heavy atom. The maximum atomic E-state index is 14.6. The molecule has 0 unspecified atom stereocenters. The number of para-hydroxylation sites is 2. The summed E-state index contributed by atoms with van der Waals surface area (Å²) in [5.74, 6) is -2.15. The van der Waals surface area contributed by atoms with Crippen molar-refractivity contribution in [2.75, 3.05) is 10.2 Å². The number of fused-ring (bicyclic) bond motifs is 6. The SMILES string of the molecule is O=C(c1ccc([N+](=O)[O-])cc1)[C@@H]1[C@H](C(=O)c2ccccc2)[C@]2(C(=O)Nc3ccccc32)[C@@H]2C=Cc3ccccc3N12. The molecule has 8 nitrogen and oxygen atoms in total. The Hall–Kier alpha value is -5.37. The monoisotopic (exact) mass is 541 g/mol. The molecule has 3 aliphatic rings. The van der Waals surface area contributed by atoms with Crippen molar-refractivity contribution in [3.63, 3.8) is 0 Å². The third-order valence-electron chi connectivity index (χ3n) is 8.51. The molecule has 0 aromatic heterocycles. The number of ketones is 2. The van der Waals surface area contributed by atoms with Gasteiger partial charge >= 0.3 is 0 Å². The lowest BCUT2D eigenvalue weighted by atomic mass is 9.64. The number of benzene rings is 4. The van der Waals surface area contributed by atoms with Crippen molar-refractivity contribution in [1.82, 2.24) is 0 Å². The molecule has 0 saturated carbocycles. The lowest BCUT2D eigenvalue weighted by molar-refractivity contribution is -0.384. The molecule has 200 valence electrons. The number of carbonyl (C=O) groups excluding carboxylic acids is 3. The Kier molecular flexibility index (Phi) is 5.47. The van der Waals surface area contributed by atoms with Gasteiger partial charge in [0.05, 0.1) is 16.9 Å². The molecule has 1 N–H and O–H groups in total. The fraction of sp³-hybridized carbons (Fsp3) is 0.121. The highest BCUT2D eigenvalue weighted by Gasteiger charge is 2.70. The molecular weight excluding hydrogens is 518 g/mol. The number of nitrogens with one attached hydrogen (secondary N) is 1. The fourth-order valence-electron chi connectivity index (χ4n) is 6.82. The van der Waals surface area contributed by atoms with Crippen LogP contribution < -0.4 is 10.2 Å². The Bertz CT molecular complexity index is 1780. The highest BCUT2D eigenvalue weighted by Crippen LogP contribution is 2.58. The number of hydrogen-bond donors (Lipinski definition) is 1. The van der Waals surface area contributed by atoms with Gasteiger partial charge in [-0.25, -0.2) is 0 Å². The van der Waals surface area contributed by atoms with Crippen molar-refractivity contribution in [2.45, 2.75) is 17.5 Å². The van der Waals surface area contributed by atoms with Gasteiger partial charge in [0.25, 0.3) is 5.69 Å². The standard InChI is InChI=1S/C33H23N3O5/c37-30(21-9-2-1-3-10-21)28-29(31(38)22-14-17-23(18-15-22)36(40)41)35-26-13-7-4-8-20(26)16-19-27(35)33(28)24-11-5-6-12-25(24)34-32(33)39/h1-19,27-29H,(H,34,39)/t27-,28+,29-,33+/m0/s1. The summed E-state index contributed by atoms with van der Waals surface area (Å²) in [6, 6.07) is 27.3. The third-order valence-corrected chi connectivity index (χ3v) is 8.51. The first-order chi connectivity index (χ1) is 19.9. The molecule has 3 heterocycles. The van der Waals surface area contributed by atoms with Crippen molar-refractivity contribution in [3.05, 3.63) is 142 Å². The summed E-state index contributed by atoms with van der Waals surface area (Å²) in [7, 11) is 0. The van der Waals surface area contributed by atoms with E-state index >= 15 is 0 Å². The van der Waals surface area contributed by atoms with E-state index in [0.29, 0.717) is 16.8 Å². The van der Waals surface area contributed by atoms with Crippen LogP contribution in [0.1, 0.15) is 31.8 Å². The zero-order chi connectivity index (χ0) is 28.3. The molecule has 3 aliphatic heterocycles. The quantitative estimate of drug-likeness (QED) is 0.204. The molecule has 0 aliphatic carbocycles. The summed E-state index contributed by atoms with van der Waals surface area (Å²) >= 11 is 0. The molecule has 1 fully saturated rings. The smallest absolute Gasteiger partial charge is 0.269 e. The van der Waals surface area contributed by atoms with Gasteiger partial charge in [0.1, 0.15) is 11.5 Å². The lowest BCUT2D eigenvalue weighted by Crippen LogP contribution is -2.51. The average Bonchev–Trinajstić information content (AvgIpc) is 3.49. The number of Topliss-reactive ketones (excluding diaryl/α,β-unsaturated/α-hetero) is 2. The zero-order valence-corrected chi connectivity index (χ0v) is 21.6. The molecule has 1 amide bonds. The van der Waals surface area contributed by atoms with Gasteiger partial charge in [-0.15, -0.1) is 0 Å². The topological polar surface area (TPSA) is 110 Å². The number of carbonyl (C=O) groups is 3. The average molecular weight is 542 g/mol. The second-order valence-corrected chi connectivity index (χ2v) is 10.5. The van der Waals surface area contributed by atoms with E-state index < -0.39 is 34.1 Å². The van der Waals surface area contributed by atoms with Crippen LogP contribution in [0.2, 0.25) is 0 Å². The van der Waals surface area contributed by atoms with E-state index in [2.05, 4.69) is 5.32 Å². The molecule has 8 heteroatoms. The van der Waals surface area contributed by atoms with Crippen LogP contribution in [-0.4, -0.2) is 34.5 Å². The van der Waals surface area contributed by atoms with Gasteiger partial charge in [-0.1, -0.05) is 78.9 Å². The summed E-state index contributed by atoms with van der Waals surface area (Å²) in [5, 5.41) is 14.3. The highest BCUT2D eigenvalue weighted by atomic mass is 16.6. The van der Waals surface area contributed by atoms with E-state index in [1.807, 2.05) is 65.6 Å². The molecule has 4 atom stereocenters. The summed E-state index contributed by atoms with van der Waals surface area (Å²) in [6.07, 6.45) is 3.85. The van der Waals surface area contributed by atoms with Crippen LogP contribution in [0.25, 0.3) is 6.08 Å². The maximum absolute atomic E-state index is 14.6.